The van der Waals surface area contributed by atoms with Gasteiger partial charge >= 0.3 is 0 Å². The molecule has 2 aromatic carbocycles. The Kier molecular flexibility index (Phi) is 6.36. The van der Waals surface area contributed by atoms with Gasteiger partial charge in [0.25, 0.3) is 11.8 Å². The van der Waals surface area contributed by atoms with Gasteiger partial charge in [-0.3, -0.25) is 20.4 Å². The average Bonchev–Trinajstić information content (AvgIpc) is 2.74. The third kappa shape index (κ3) is 5.07. The molecule has 0 radical (unpaired) electrons. The first-order valence-electron chi connectivity index (χ1n) is 8.88. The number of ether oxygens (including phenoxy) is 1. The number of hydrogen-bond acceptors (Lipinski definition) is 5. The lowest BCUT2D eigenvalue weighted by atomic mass is 10.2. The van der Waals surface area contributed by atoms with Gasteiger partial charge < -0.3 is 10.1 Å². The third-order valence-electron chi connectivity index (χ3n) is 3.89. The number of halogens is 1. The van der Waals surface area contributed by atoms with E-state index < -0.39 is 17.6 Å². The summed E-state index contributed by atoms with van der Waals surface area (Å²) in [7, 11) is 0. The number of carbonyl (C=O) groups excluding carboxylic acids is 2. The van der Waals surface area contributed by atoms with E-state index in [1.807, 2.05) is 6.92 Å². The Bertz CT molecular complexity index is 1010. The topological polar surface area (TPSA) is 92.3 Å². The molecule has 0 fully saturated rings. The predicted molar refractivity (Wildman–Crippen MR) is 106 cm³/mol. The number of pyridine rings is 1. The Hall–Kier alpha value is -3.94. The summed E-state index contributed by atoms with van der Waals surface area (Å²) in [5.41, 5.74) is 5.21. The predicted octanol–water partition coefficient (Wildman–Crippen LogP) is 3.44. The quantitative estimate of drug-likeness (QED) is 0.557. The molecule has 3 rings (SSSR count). The minimum atomic E-state index is -0.763. The first-order valence-corrected chi connectivity index (χ1v) is 8.88. The highest BCUT2D eigenvalue weighted by atomic mass is 19.1. The molecule has 1 aromatic heterocycles. The fourth-order valence-electron chi connectivity index (χ4n) is 2.52. The molecule has 0 aliphatic heterocycles. The second-order valence-electron chi connectivity index (χ2n) is 5.87. The Labute approximate surface area is 166 Å². The van der Waals surface area contributed by atoms with E-state index in [2.05, 4.69) is 21.2 Å². The van der Waals surface area contributed by atoms with E-state index in [0.29, 0.717) is 18.1 Å². The van der Waals surface area contributed by atoms with Crippen LogP contribution in [0.5, 0.6) is 5.75 Å². The zero-order valence-corrected chi connectivity index (χ0v) is 15.6. The van der Waals surface area contributed by atoms with Crippen molar-refractivity contribution in [1.82, 2.24) is 15.8 Å². The summed E-state index contributed by atoms with van der Waals surface area (Å²) in [6, 6.07) is 15.8. The number of nitrogens with zero attached hydrogens (tertiary/aromatic N) is 1. The monoisotopic (exact) mass is 394 g/mol. The molecule has 0 aliphatic rings. The largest absolute Gasteiger partial charge is 0.494 e. The van der Waals surface area contributed by atoms with Crippen LogP contribution in [-0.2, 0) is 0 Å². The fraction of sp³-hybridized carbons (Fsp3) is 0.0952. The van der Waals surface area contributed by atoms with Crippen molar-refractivity contribution in [2.75, 3.05) is 11.9 Å². The number of anilines is 2. The van der Waals surface area contributed by atoms with E-state index in [9.17, 15) is 14.0 Å². The Morgan fingerprint density at radius 2 is 1.59 bits per heavy atom. The third-order valence-corrected chi connectivity index (χ3v) is 3.89. The highest BCUT2D eigenvalue weighted by Gasteiger charge is 2.15. The lowest BCUT2D eigenvalue weighted by molar-refractivity contribution is 0.0844. The van der Waals surface area contributed by atoms with Gasteiger partial charge in [0.15, 0.2) is 0 Å². The SMILES string of the molecule is CCOc1ccc(Nc2ncccc2C(=O)NNC(=O)c2ccccc2F)cc1. The lowest BCUT2D eigenvalue weighted by Crippen LogP contribution is -2.42. The zero-order chi connectivity index (χ0) is 20.6. The Morgan fingerprint density at radius 3 is 2.28 bits per heavy atom. The molecule has 8 heteroatoms. The molecule has 3 aromatic rings. The van der Waals surface area contributed by atoms with Gasteiger partial charge in [0, 0.05) is 11.9 Å². The first kappa shape index (κ1) is 19.8. The fourth-order valence-corrected chi connectivity index (χ4v) is 2.52. The number of amides is 2. The molecule has 0 aliphatic carbocycles. The van der Waals surface area contributed by atoms with E-state index in [1.165, 1.54) is 24.4 Å². The van der Waals surface area contributed by atoms with Crippen LogP contribution in [0.3, 0.4) is 0 Å². The van der Waals surface area contributed by atoms with Gasteiger partial charge in [0.2, 0.25) is 0 Å². The lowest BCUT2D eigenvalue weighted by Gasteiger charge is -2.12. The van der Waals surface area contributed by atoms with E-state index in [1.54, 1.807) is 36.4 Å². The minimum absolute atomic E-state index is 0.174. The zero-order valence-electron chi connectivity index (χ0n) is 15.6. The number of benzene rings is 2. The molecule has 0 unspecified atom stereocenters. The number of nitrogens with one attached hydrogen (secondary N) is 3. The molecule has 3 N–H and O–H groups in total. The molecule has 148 valence electrons. The maximum absolute atomic E-state index is 13.7. The molecule has 1 heterocycles. The number of aromatic nitrogens is 1. The smallest absolute Gasteiger partial charge is 0.273 e. The van der Waals surface area contributed by atoms with Crippen molar-refractivity contribution in [2.24, 2.45) is 0 Å². The maximum Gasteiger partial charge on any atom is 0.273 e. The van der Waals surface area contributed by atoms with E-state index in [-0.39, 0.29) is 11.1 Å². The summed E-state index contributed by atoms with van der Waals surface area (Å²) in [6.45, 7) is 2.46. The number of carbonyl (C=O) groups is 2. The summed E-state index contributed by atoms with van der Waals surface area (Å²) in [5.74, 6) is -1.02. The average molecular weight is 394 g/mol. The van der Waals surface area contributed by atoms with Crippen LogP contribution in [0.4, 0.5) is 15.9 Å². The van der Waals surface area contributed by atoms with Crippen molar-refractivity contribution in [1.29, 1.82) is 0 Å². The summed E-state index contributed by atoms with van der Waals surface area (Å²) in [4.78, 5) is 28.7. The molecular weight excluding hydrogens is 375 g/mol. The molecule has 0 saturated carbocycles. The molecule has 0 saturated heterocycles. The number of hydrazine groups is 1. The van der Waals surface area contributed by atoms with Crippen LogP contribution in [0.15, 0.2) is 66.9 Å². The van der Waals surface area contributed by atoms with Crippen LogP contribution in [0.2, 0.25) is 0 Å². The van der Waals surface area contributed by atoms with Gasteiger partial charge in [-0.1, -0.05) is 12.1 Å². The normalized spacial score (nSPS) is 10.1. The second-order valence-corrected chi connectivity index (χ2v) is 5.87. The molecule has 0 bridgehead atoms. The van der Waals surface area contributed by atoms with Crippen LogP contribution in [-0.4, -0.2) is 23.4 Å². The summed E-state index contributed by atoms with van der Waals surface area (Å²) in [5, 5.41) is 3.05. The van der Waals surface area contributed by atoms with Crippen molar-refractivity contribution >= 4 is 23.3 Å². The van der Waals surface area contributed by atoms with Crippen molar-refractivity contribution in [2.45, 2.75) is 6.92 Å². The molecule has 29 heavy (non-hydrogen) atoms. The van der Waals surface area contributed by atoms with Crippen molar-refractivity contribution in [3.05, 3.63) is 83.8 Å². The first-order chi connectivity index (χ1) is 14.1. The molecular formula is C21H19FN4O3. The van der Waals surface area contributed by atoms with Crippen molar-refractivity contribution in [3.63, 3.8) is 0 Å². The molecule has 0 spiro atoms. The summed E-state index contributed by atoms with van der Waals surface area (Å²) < 4.78 is 19.1. The van der Waals surface area contributed by atoms with Crippen LogP contribution in [0.25, 0.3) is 0 Å². The number of rotatable bonds is 6. The second kappa shape index (κ2) is 9.32. The molecule has 2 amide bonds. The Balaban J connectivity index is 1.68. The van der Waals surface area contributed by atoms with Gasteiger partial charge in [0.05, 0.1) is 17.7 Å². The molecule has 7 nitrogen and oxygen atoms in total. The Morgan fingerprint density at radius 1 is 0.931 bits per heavy atom. The van der Waals surface area contributed by atoms with E-state index in [0.717, 1.165) is 11.8 Å². The maximum atomic E-state index is 13.7. The van der Waals surface area contributed by atoms with Crippen LogP contribution in [0, 0.1) is 5.82 Å². The van der Waals surface area contributed by atoms with Crippen LogP contribution in [0.1, 0.15) is 27.6 Å². The molecule has 0 atom stereocenters. The van der Waals surface area contributed by atoms with Crippen LogP contribution >= 0.6 is 0 Å². The van der Waals surface area contributed by atoms with Gasteiger partial charge in [-0.2, -0.15) is 0 Å². The standard InChI is InChI=1S/C21H19FN4O3/c1-2-29-15-11-9-14(10-12-15)24-19-17(7-5-13-23-19)21(28)26-25-20(27)16-6-3-4-8-18(16)22/h3-13H,2H2,1H3,(H,23,24)(H,25,27)(H,26,28). The van der Waals surface area contributed by atoms with Crippen molar-refractivity contribution < 1.29 is 18.7 Å². The van der Waals surface area contributed by atoms with E-state index >= 15 is 0 Å². The summed E-state index contributed by atoms with van der Waals surface area (Å²) >= 11 is 0. The van der Waals surface area contributed by atoms with Gasteiger partial charge in [-0.15, -0.1) is 0 Å². The van der Waals surface area contributed by atoms with Gasteiger partial charge in [0.1, 0.15) is 17.4 Å². The summed E-state index contributed by atoms with van der Waals surface area (Å²) in [6.07, 6.45) is 1.53. The van der Waals surface area contributed by atoms with E-state index in [4.69, 9.17) is 4.74 Å². The number of hydrogen-bond donors (Lipinski definition) is 3. The highest BCUT2D eigenvalue weighted by Crippen LogP contribution is 2.21. The van der Waals surface area contributed by atoms with Gasteiger partial charge in [-0.05, 0) is 55.5 Å². The van der Waals surface area contributed by atoms with Gasteiger partial charge in [-0.25, -0.2) is 9.37 Å². The van der Waals surface area contributed by atoms with Crippen molar-refractivity contribution in [3.8, 4) is 5.75 Å². The minimum Gasteiger partial charge on any atom is -0.494 e. The van der Waals surface area contributed by atoms with Crippen LogP contribution < -0.4 is 20.9 Å². The highest BCUT2D eigenvalue weighted by molar-refractivity contribution is 6.02.